The van der Waals surface area contributed by atoms with E-state index in [-0.39, 0.29) is 25.1 Å². The number of carbonyl (C=O) groups excluding carboxylic acids is 1. The maximum absolute atomic E-state index is 12.5. The van der Waals surface area contributed by atoms with Gasteiger partial charge >= 0.3 is 12.0 Å². The Hall–Kier alpha value is -1.34. The zero-order valence-electron chi connectivity index (χ0n) is 12.4. The Labute approximate surface area is 125 Å². The summed E-state index contributed by atoms with van der Waals surface area (Å²) in [4.78, 5) is 28.8. The molecule has 7 nitrogen and oxygen atoms in total. The van der Waals surface area contributed by atoms with E-state index in [0.29, 0.717) is 26.2 Å². The smallest absolute Gasteiger partial charge is 0.320 e. The summed E-state index contributed by atoms with van der Waals surface area (Å²) in [5, 5.41) is 18.1. The second kappa shape index (κ2) is 7.61. The topological polar surface area (TPSA) is 84.3 Å². The van der Waals surface area contributed by atoms with Crippen molar-refractivity contribution in [2.45, 2.75) is 19.3 Å². The molecule has 7 heteroatoms. The van der Waals surface area contributed by atoms with Crippen molar-refractivity contribution in [3.63, 3.8) is 0 Å². The van der Waals surface area contributed by atoms with Gasteiger partial charge in [0.05, 0.1) is 6.54 Å². The number of piperidine rings is 1. The Bertz CT molecular complexity index is 377. The maximum Gasteiger partial charge on any atom is 0.320 e. The number of aliphatic carboxylic acids is 1. The first kappa shape index (κ1) is 16.0. The Kier molecular flexibility index (Phi) is 5.81. The van der Waals surface area contributed by atoms with Gasteiger partial charge in [-0.3, -0.25) is 9.69 Å². The van der Waals surface area contributed by atoms with Crippen LogP contribution in [0.15, 0.2) is 0 Å². The summed E-state index contributed by atoms with van der Waals surface area (Å²) in [5.74, 6) is -0.630. The standard InChI is InChI=1S/C14H25N3O4/c18-11-12-3-1-5-17(9-12)14(21)16-6-2-4-15(7-8-16)10-13(19)20/h12,18H,1-11H2,(H,19,20). The summed E-state index contributed by atoms with van der Waals surface area (Å²) in [6.07, 6.45) is 2.72. The van der Waals surface area contributed by atoms with Gasteiger partial charge in [0.15, 0.2) is 0 Å². The van der Waals surface area contributed by atoms with Gasteiger partial charge in [-0.1, -0.05) is 0 Å². The van der Waals surface area contributed by atoms with Crippen LogP contribution in [0.4, 0.5) is 4.79 Å². The average molecular weight is 299 g/mol. The molecular weight excluding hydrogens is 274 g/mol. The van der Waals surface area contributed by atoms with Crippen LogP contribution in [0.5, 0.6) is 0 Å². The van der Waals surface area contributed by atoms with E-state index < -0.39 is 5.97 Å². The first-order chi connectivity index (χ1) is 10.1. The Morgan fingerprint density at radius 3 is 2.48 bits per heavy atom. The molecule has 0 bridgehead atoms. The first-order valence-corrected chi connectivity index (χ1v) is 7.69. The Balaban J connectivity index is 1.86. The second-order valence-electron chi connectivity index (χ2n) is 5.93. The number of carboxylic acids is 1. The molecule has 120 valence electrons. The number of likely N-dealkylation sites (tertiary alicyclic amines) is 1. The summed E-state index contributed by atoms with van der Waals surface area (Å²) in [5.41, 5.74) is 0. The zero-order valence-corrected chi connectivity index (χ0v) is 12.4. The molecule has 0 aromatic carbocycles. The van der Waals surface area contributed by atoms with E-state index in [4.69, 9.17) is 5.11 Å². The van der Waals surface area contributed by atoms with Crippen molar-refractivity contribution in [2.75, 3.05) is 52.4 Å². The highest BCUT2D eigenvalue weighted by atomic mass is 16.4. The molecule has 1 atom stereocenters. The number of urea groups is 1. The van der Waals surface area contributed by atoms with Crippen molar-refractivity contribution in [3.05, 3.63) is 0 Å². The molecule has 0 aromatic rings. The molecule has 0 radical (unpaired) electrons. The number of hydrogen-bond acceptors (Lipinski definition) is 4. The van der Waals surface area contributed by atoms with Crippen LogP contribution in [0.1, 0.15) is 19.3 Å². The van der Waals surface area contributed by atoms with Gasteiger partial charge in [-0.05, 0) is 25.2 Å². The largest absolute Gasteiger partial charge is 0.480 e. The van der Waals surface area contributed by atoms with Crippen LogP contribution in [0, 0.1) is 5.92 Å². The van der Waals surface area contributed by atoms with Crippen molar-refractivity contribution in [2.24, 2.45) is 5.92 Å². The van der Waals surface area contributed by atoms with Crippen molar-refractivity contribution < 1.29 is 19.8 Å². The third-order valence-electron chi connectivity index (χ3n) is 4.27. The molecule has 2 rings (SSSR count). The lowest BCUT2D eigenvalue weighted by atomic mass is 9.99. The molecule has 1 unspecified atom stereocenters. The fourth-order valence-electron chi connectivity index (χ4n) is 3.10. The number of amides is 2. The maximum atomic E-state index is 12.5. The normalized spacial score (nSPS) is 24.7. The highest BCUT2D eigenvalue weighted by Crippen LogP contribution is 2.18. The minimum absolute atomic E-state index is 0.0327. The van der Waals surface area contributed by atoms with Crippen molar-refractivity contribution >= 4 is 12.0 Å². The molecular formula is C14H25N3O4. The SMILES string of the molecule is O=C(O)CN1CCCN(C(=O)N2CCCC(CO)C2)CC1. The fourth-order valence-corrected chi connectivity index (χ4v) is 3.10. The van der Waals surface area contributed by atoms with Crippen LogP contribution < -0.4 is 0 Å². The van der Waals surface area contributed by atoms with Crippen molar-refractivity contribution in [1.82, 2.24) is 14.7 Å². The van der Waals surface area contributed by atoms with E-state index in [1.54, 1.807) is 0 Å². The third-order valence-corrected chi connectivity index (χ3v) is 4.27. The minimum atomic E-state index is -0.823. The van der Waals surface area contributed by atoms with Crippen LogP contribution in [0.2, 0.25) is 0 Å². The van der Waals surface area contributed by atoms with Gasteiger partial charge in [0, 0.05) is 45.9 Å². The Morgan fingerprint density at radius 2 is 1.76 bits per heavy atom. The molecule has 2 heterocycles. The van der Waals surface area contributed by atoms with Crippen LogP contribution in [0.25, 0.3) is 0 Å². The summed E-state index contributed by atoms with van der Waals surface area (Å²) in [6.45, 7) is 4.14. The molecule has 0 spiro atoms. The number of carboxylic acid groups (broad SMARTS) is 1. The molecule has 21 heavy (non-hydrogen) atoms. The van der Waals surface area contributed by atoms with E-state index in [9.17, 15) is 14.7 Å². The van der Waals surface area contributed by atoms with Gasteiger partial charge in [0.25, 0.3) is 0 Å². The van der Waals surface area contributed by atoms with E-state index >= 15 is 0 Å². The van der Waals surface area contributed by atoms with Gasteiger partial charge in [0.2, 0.25) is 0 Å². The summed E-state index contributed by atoms with van der Waals surface area (Å²) < 4.78 is 0. The van der Waals surface area contributed by atoms with Gasteiger partial charge in [-0.2, -0.15) is 0 Å². The lowest BCUT2D eigenvalue weighted by Gasteiger charge is -2.35. The van der Waals surface area contributed by atoms with Gasteiger partial charge in [-0.15, -0.1) is 0 Å². The van der Waals surface area contributed by atoms with Crippen LogP contribution >= 0.6 is 0 Å². The van der Waals surface area contributed by atoms with Gasteiger partial charge < -0.3 is 20.0 Å². The van der Waals surface area contributed by atoms with E-state index in [1.807, 2.05) is 14.7 Å². The quantitative estimate of drug-likeness (QED) is 0.760. The molecule has 2 amide bonds. The molecule has 2 saturated heterocycles. The monoisotopic (exact) mass is 299 g/mol. The molecule has 0 aliphatic carbocycles. The lowest BCUT2D eigenvalue weighted by Crippen LogP contribution is -2.49. The molecule has 2 fully saturated rings. The Morgan fingerprint density at radius 1 is 1.00 bits per heavy atom. The van der Waals surface area contributed by atoms with Crippen LogP contribution in [0.3, 0.4) is 0 Å². The lowest BCUT2D eigenvalue weighted by molar-refractivity contribution is -0.138. The van der Waals surface area contributed by atoms with Crippen LogP contribution in [-0.4, -0.2) is 89.3 Å². The number of carbonyl (C=O) groups is 2. The summed E-state index contributed by atoms with van der Waals surface area (Å²) in [7, 11) is 0. The summed E-state index contributed by atoms with van der Waals surface area (Å²) >= 11 is 0. The van der Waals surface area contributed by atoms with E-state index in [0.717, 1.165) is 32.4 Å². The van der Waals surface area contributed by atoms with Crippen LogP contribution in [-0.2, 0) is 4.79 Å². The van der Waals surface area contributed by atoms with Gasteiger partial charge in [0.1, 0.15) is 0 Å². The minimum Gasteiger partial charge on any atom is -0.480 e. The van der Waals surface area contributed by atoms with Crippen molar-refractivity contribution in [1.29, 1.82) is 0 Å². The second-order valence-corrected chi connectivity index (χ2v) is 5.93. The fraction of sp³-hybridized carbons (Fsp3) is 0.857. The third kappa shape index (κ3) is 4.57. The van der Waals surface area contributed by atoms with Gasteiger partial charge in [-0.25, -0.2) is 4.79 Å². The molecule has 2 aliphatic heterocycles. The highest BCUT2D eigenvalue weighted by molar-refractivity contribution is 5.74. The zero-order chi connectivity index (χ0) is 15.2. The van der Waals surface area contributed by atoms with Crippen molar-refractivity contribution in [3.8, 4) is 0 Å². The first-order valence-electron chi connectivity index (χ1n) is 7.69. The number of aliphatic hydroxyl groups is 1. The average Bonchev–Trinajstić information content (AvgIpc) is 2.71. The number of rotatable bonds is 3. The molecule has 2 aliphatic rings. The highest BCUT2D eigenvalue weighted by Gasteiger charge is 2.28. The number of nitrogens with zero attached hydrogens (tertiary/aromatic N) is 3. The molecule has 2 N–H and O–H groups in total. The summed E-state index contributed by atoms with van der Waals surface area (Å²) in [6, 6.07) is 0.0327. The molecule has 0 aromatic heterocycles. The number of aliphatic hydroxyl groups excluding tert-OH is 1. The number of hydrogen-bond donors (Lipinski definition) is 2. The van der Waals surface area contributed by atoms with E-state index in [1.165, 1.54) is 0 Å². The van der Waals surface area contributed by atoms with E-state index in [2.05, 4.69) is 0 Å². The molecule has 0 saturated carbocycles. The predicted octanol–water partition coefficient (Wildman–Crippen LogP) is -0.0970. The predicted molar refractivity (Wildman–Crippen MR) is 77.0 cm³/mol.